The highest BCUT2D eigenvalue weighted by Gasteiger charge is 2.21. The molecular weight excluding hydrogens is 346 g/mol. The summed E-state index contributed by atoms with van der Waals surface area (Å²) in [5, 5.41) is 9.64. The first-order valence-corrected chi connectivity index (χ1v) is 8.11. The highest BCUT2D eigenvalue weighted by Crippen LogP contribution is 2.29. The van der Waals surface area contributed by atoms with Crippen LogP contribution in [0, 0.1) is 12.8 Å². The van der Waals surface area contributed by atoms with Gasteiger partial charge in [0.05, 0.1) is 11.1 Å². The van der Waals surface area contributed by atoms with Crippen LogP contribution in [-0.2, 0) is 11.3 Å². The van der Waals surface area contributed by atoms with Crippen LogP contribution in [0.3, 0.4) is 0 Å². The van der Waals surface area contributed by atoms with Crippen LogP contribution in [0.1, 0.15) is 34.6 Å². The Kier molecular flexibility index (Phi) is 4.59. The highest BCUT2D eigenvalue weighted by molar-refractivity contribution is 9.10. The number of aryl methyl sites for hydroxylation is 1. The van der Waals surface area contributed by atoms with Gasteiger partial charge in [0.15, 0.2) is 5.69 Å². The van der Waals surface area contributed by atoms with Gasteiger partial charge in [-0.3, -0.25) is 9.89 Å². The Labute approximate surface area is 137 Å². The van der Waals surface area contributed by atoms with Crippen molar-refractivity contribution in [2.24, 2.45) is 5.92 Å². The van der Waals surface area contributed by atoms with Crippen molar-refractivity contribution < 1.29 is 9.53 Å². The SMILES string of the molecule is Cc1[nH]nc(C(=O)Nc2cccc(COCC3CC3)c2)c1Br. The molecule has 1 aliphatic carbocycles. The van der Waals surface area contributed by atoms with Gasteiger partial charge in [0.1, 0.15) is 0 Å². The number of amides is 1. The predicted octanol–water partition coefficient (Wildman–Crippen LogP) is 3.66. The average molecular weight is 364 g/mol. The van der Waals surface area contributed by atoms with Crippen molar-refractivity contribution in [1.82, 2.24) is 10.2 Å². The largest absolute Gasteiger partial charge is 0.376 e. The summed E-state index contributed by atoms with van der Waals surface area (Å²) in [4.78, 5) is 12.2. The maximum Gasteiger partial charge on any atom is 0.277 e. The minimum atomic E-state index is -0.243. The number of hydrogen-bond acceptors (Lipinski definition) is 3. The molecule has 5 nitrogen and oxygen atoms in total. The van der Waals surface area contributed by atoms with Crippen molar-refractivity contribution in [2.75, 3.05) is 11.9 Å². The van der Waals surface area contributed by atoms with Crippen LogP contribution >= 0.6 is 15.9 Å². The van der Waals surface area contributed by atoms with E-state index in [9.17, 15) is 4.79 Å². The fourth-order valence-electron chi connectivity index (χ4n) is 2.12. The molecule has 0 saturated heterocycles. The van der Waals surface area contributed by atoms with E-state index in [-0.39, 0.29) is 5.91 Å². The normalized spacial score (nSPS) is 14.1. The molecule has 116 valence electrons. The molecule has 22 heavy (non-hydrogen) atoms. The minimum Gasteiger partial charge on any atom is -0.376 e. The summed E-state index contributed by atoms with van der Waals surface area (Å²) in [6.45, 7) is 3.26. The monoisotopic (exact) mass is 363 g/mol. The first-order valence-electron chi connectivity index (χ1n) is 7.32. The zero-order valence-electron chi connectivity index (χ0n) is 12.4. The van der Waals surface area contributed by atoms with Crippen molar-refractivity contribution in [1.29, 1.82) is 0 Å². The summed E-state index contributed by atoms with van der Waals surface area (Å²) < 4.78 is 6.36. The van der Waals surface area contributed by atoms with Gasteiger partial charge in [-0.05, 0) is 59.3 Å². The third kappa shape index (κ3) is 3.75. The second-order valence-corrected chi connectivity index (χ2v) is 6.42. The van der Waals surface area contributed by atoms with E-state index < -0.39 is 0 Å². The van der Waals surface area contributed by atoms with Crippen molar-refractivity contribution in [3.8, 4) is 0 Å². The van der Waals surface area contributed by atoms with Crippen LogP contribution < -0.4 is 5.32 Å². The molecule has 2 N–H and O–H groups in total. The third-order valence-corrected chi connectivity index (χ3v) is 4.56. The Balaban J connectivity index is 1.61. The number of carbonyl (C=O) groups is 1. The number of halogens is 1. The molecule has 6 heteroatoms. The molecule has 1 heterocycles. The molecule has 1 fully saturated rings. The first-order chi connectivity index (χ1) is 10.6. The van der Waals surface area contributed by atoms with Gasteiger partial charge in [0.25, 0.3) is 5.91 Å². The van der Waals surface area contributed by atoms with Crippen LogP contribution in [0.2, 0.25) is 0 Å². The second-order valence-electron chi connectivity index (χ2n) is 5.62. The van der Waals surface area contributed by atoms with Crippen LogP contribution in [0.25, 0.3) is 0 Å². The van der Waals surface area contributed by atoms with E-state index in [1.807, 2.05) is 31.2 Å². The number of aromatic amines is 1. The molecule has 0 unspecified atom stereocenters. The molecule has 1 saturated carbocycles. The van der Waals surface area contributed by atoms with Crippen LogP contribution in [0.4, 0.5) is 5.69 Å². The summed E-state index contributed by atoms with van der Waals surface area (Å²) in [6, 6.07) is 7.70. The van der Waals surface area contributed by atoms with Crippen molar-refractivity contribution >= 4 is 27.5 Å². The lowest BCUT2D eigenvalue weighted by Gasteiger charge is -2.07. The van der Waals surface area contributed by atoms with Gasteiger partial charge in [-0.2, -0.15) is 5.10 Å². The fraction of sp³-hybridized carbons (Fsp3) is 0.375. The van der Waals surface area contributed by atoms with Gasteiger partial charge < -0.3 is 10.1 Å². The van der Waals surface area contributed by atoms with E-state index in [1.54, 1.807) is 0 Å². The molecule has 0 bridgehead atoms. The number of aromatic nitrogens is 2. The number of ether oxygens (including phenoxy) is 1. The smallest absolute Gasteiger partial charge is 0.277 e. The summed E-state index contributed by atoms with van der Waals surface area (Å²) >= 11 is 3.36. The molecule has 1 amide bonds. The number of hydrogen-bond donors (Lipinski definition) is 2. The van der Waals surface area contributed by atoms with Crippen molar-refractivity contribution in [3.05, 3.63) is 45.7 Å². The highest BCUT2D eigenvalue weighted by atomic mass is 79.9. The van der Waals surface area contributed by atoms with Gasteiger partial charge >= 0.3 is 0 Å². The third-order valence-electron chi connectivity index (χ3n) is 3.59. The van der Waals surface area contributed by atoms with Gasteiger partial charge in [-0.15, -0.1) is 0 Å². The number of nitrogens with zero attached hydrogens (tertiary/aromatic N) is 1. The standard InChI is InChI=1S/C16H18BrN3O2/c1-10-14(17)15(20-19-10)16(21)18-13-4-2-3-12(7-13)9-22-8-11-5-6-11/h2-4,7,11H,5-6,8-9H2,1H3,(H,18,21)(H,19,20). The molecule has 1 aromatic carbocycles. The average Bonchev–Trinajstić information content (AvgIpc) is 3.25. The second kappa shape index (κ2) is 6.62. The summed E-state index contributed by atoms with van der Waals surface area (Å²) in [6.07, 6.45) is 2.57. The summed E-state index contributed by atoms with van der Waals surface area (Å²) in [7, 11) is 0. The number of benzene rings is 1. The Hall–Kier alpha value is -1.66. The van der Waals surface area contributed by atoms with Crippen molar-refractivity contribution in [3.63, 3.8) is 0 Å². The maximum atomic E-state index is 12.2. The lowest BCUT2D eigenvalue weighted by Crippen LogP contribution is -2.13. The zero-order valence-corrected chi connectivity index (χ0v) is 13.9. The van der Waals surface area contributed by atoms with E-state index in [2.05, 4.69) is 31.4 Å². The van der Waals surface area contributed by atoms with E-state index in [1.165, 1.54) is 12.8 Å². The quantitative estimate of drug-likeness (QED) is 0.822. The fourth-order valence-corrected chi connectivity index (χ4v) is 2.48. The predicted molar refractivity (Wildman–Crippen MR) is 87.8 cm³/mol. The molecule has 0 aliphatic heterocycles. The molecule has 0 atom stereocenters. The Morgan fingerprint density at radius 2 is 2.32 bits per heavy atom. The number of H-pyrrole nitrogens is 1. The van der Waals surface area contributed by atoms with E-state index >= 15 is 0 Å². The number of carbonyl (C=O) groups excluding carboxylic acids is 1. The van der Waals surface area contributed by atoms with E-state index in [0.29, 0.717) is 16.8 Å². The van der Waals surface area contributed by atoms with E-state index in [0.717, 1.165) is 29.5 Å². The number of nitrogens with one attached hydrogen (secondary N) is 2. The van der Waals surface area contributed by atoms with Crippen molar-refractivity contribution in [2.45, 2.75) is 26.4 Å². The minimum absolute atomic E-state index is 0.243. The Morgan fingerprint density at radius 1 is 1.50 bits per heavy atom. The van der Waals surface area contributed by atoms with Crippen LogP contribution in [-0.4, -0.2) is 22.7 Å². The lowest BCUT2D eigenvalue weighted by atomic mass is 10.2. The van der Waals surface area contributed by atoms with Gasteiger partial charge in [-0.25, -0.2) is 0 Å². The number of anilines is 1. The lowest BCUT2D eigenvalue weighted by molar-refractivity contribution is 0.102. The van der Waals surface area contributed by atoms with Gasteiger partial charge in [-0.1, -0.05) is 12.1 Å². The van der Waals surface area contributed by atoms with Gasteiger partial charge in [0.2, 0.25) is 0 Å². The molecule has 0 radical (unpaired) electrons. The molecule has 1 aromatic heterocycles. The maximum absolute atomic E-state index is 12.2. The Morgan fingerprint density at radius 3 is 3.00 bits per heavy atom. The summed E-state index contributed by atoms with van der Waals surface area (Å²) in [5.74, 6) is 0.510. The first kappa shape index (κ1) is 15.2. The zero-order chi connectivity index (χ0) is 15.5. The molecule has 1 aliphatic rings. The Bertz CT molecular complexity index is 680. The molecule has 3 rings (SSSR count). The summed E-state index contributed by atoms with van der Waals surface area (Å²) in [5.41, 5.74) is 2.97. The number of rotatable bonds is 6. The van der Waals surface area contributed by atoms with Crippen LogP contribution in [0.5, 0.6) is 0 Å². The van der Waals surface area contributed by atoms with E-state index in [4.69, 9.17) is 4.74 Å². The topological polar surface area (TPSA) is 67.0 Å². The molecule has 2 aromatic rings. The van der Waals surface area contributed by atoms with Gasteiger partial charge in [0, 0.05) is 18.0 Å². The molecular formula is C16H18BrN3O2. The molecule has 0 spiro atoms. The van der Waals surface area contributed by atoms with Crippen LogP contribution in [0.15, 0.2) is 28.7 Å².